The van der Waals surface area contributed by atoms with Gasteiger partial charge < -0.3 is 9.84 Å². The number of amides is 1. The number of carbonyl (C=O) groups is 1. The van der Waals surface area contributed by atoms with Gasteiger partial charge >= 0.3 is 0 Å². The molecule has 0 fully saturated rings. The fourth-order valence-electron chi connectivity index (χ4n) is 2.18. The highest BCUT2D eigenvalue weighted by Crippen LogP contribution is 2.22. The number of benzene rings is 1. The van der Waals surface area contributed by atoms with E-state index in [0.29, 0.717) is 23.6 Å². The van der Waals surface area contributed by atoms with E-state index in [1.54, 1.807) is 43.3 Å². The van der Waals surface area contributed by atoms with E-state index in [2.05, 4.69) is 15.2 Å². The van der Waals surface area contributed by atoms with Crippen molar-refractivity contribution in [3.8, 4) is 0 Å². The van der Waals surface area contributed by atoms with Crippen LogP contribution < -0.4 is 10.0 Å². The Morgan fingerprint density at radius 1 is 1.27 bits per heavy atom. The van der Waals surface area contributed by atoms with Crippen LogP contribution in [0, 0.1) is 6.92 Å². The Kier molecular flexibility index (Phi) is 6.33. The maximum Gasteiger partial charge on any atom is 0.240 e. The molecule has 0 spiro atoms. The molecular formula is C18H23N3O4S. The molecule has 0 unspecified atom stereocenters. The minimum Gasteiger partial charge on any atom is -0.354 e. The van der Waals surface area contributed by atoms with E-state index in [1.165, 1.54) is 6.92 Å². The van der Waals surface area contributed by atoms with Gasteiger partial charge in [-0.25, -0.2) is 13.1 Å². The van der Waals surface area contributed by atoms with Gasteiger partial charge in [-0.15, -0.1) is 0 Å². The predicted octanol–water partition coefficient (Wildman–Crippen LogP) is 3.19. The Morgan fingerprint density at radius 2 is 1.92 bits per heavy atom. The van der Waals surface area contributed by atoms with Crippen LogP contribution in [0.3, 0.4) is 0 Å². The van der Waals surface area contributed by atoms with E-state index in [-0.39, 0.29) is 16.8 Å². The number of nitrogens with zero attached hydrogens (tertiary/aromatic N) is 1. The molecule has 0 saturated heterocycles. The maximum atomic E-state index is 12.2. The van der Waals surface area contributed by atoms with Gasteiger partial charge in [0.15, 0.2) is 5.76 Å². The first-order valence-electron chi connectivity index (χ1n) is 8.27. The van der Waals surface area contributed by atoms with E-state index < -0.39 is 10.0 Å². The molecule has 1 atom stereocenters. The van der Waals surface area contributed by atoms with Gasteiger partial charge in [-0.2, -0.15) is 0 Å². The zero-order valence-electron chi connectivity index (χ0n) is 15.2. The highest BCUT2D eigenvalue weighted by atomic mass is 32.2. The molecule has 140 valence electrons. The number of carbonyl (C=O) groups excluding carboxylic acids is 1. The molecule has 1 amide bonds. The second-order valence-corrected chi connectivity index (χ2v) is 7.74. The van der Waals surface area contributed by atoms with Crippen LogP contribution in [0.15, 0.2) is 33.7 Å². The summed E-state index contributed by atoms with van der Waals surface area (Å²) in [5, 5.41) is 6.51. The lowest BCUT2D eigenvalue weighted by molar-refractivity contribution is -0.114. The quantitative estimate of drug-likeness (QED) is 0.772. The average Bonchev–Trinajstić information content (AvgIpc) is 2.92. The molecule has 8 heteroatoms. The van der Waals surface area contributed by atoms with Gasteiger partial charge in [-0.1, -0.05) is 30.3 Å². The Morgan fingerprint density at radius 3 is 2.50 bits per heavy atom. The molecule has 1 heterocycles. The molecule has 0 saturated carbocycles. The summed E-state index contributed by atoms with van der Waals surface area (Å²) in [4.78, 5) is 11.5. The molecule has 1 aromatic heterocycles. The van der Waals surface area contributed by atoms with Crippen molar-refractivity contribution in [2.45, 2.75) is 45.1 Å². The van der Waals surface area contributed by atoms with Gasteiger partial charge in [-0.3, -0.25) is 4.79 Å². The third-order valence-corrected chi connectivity index (χ3v) is 5.38. The van der Waals surface area contributed by atoms with Crippen molar-refractivity contribution in [1.29, 1.82) is 0 Å². The fraction of sp³-hybridized carbons (Fsp3) is 0.333. The Labute approximate surface area is 153 Å². The van der Waals surface area contributed by atoms with Crippen LogP contribution in [0.5, 0.6) is 0 Å². The minimum atomic E-state index is -3.52. The summed E-state index contributed by atoms with van der Waals surface area (Å²) in [6, 6.07) is 6.36. The molecule has 0 radical (unpaired) electrons. The van der Waals surface area contributed by atoms with Gasteiger partial charge in [0.25, 0.3) is 0 Å². The predicted molar refractivity (Wildman–Crippen MR) is 101 cm³/mol. The number of rotatable bonds is 7. The highest BCUT2D eigenvalue weighted by Gasteiger charge is 2.16. The van der Waals surface area contributed by atoms with Crippen molar-refractivity contribution >= 4 is 33.8 Å². The number of hydrogen-bond acceptors (Lipinski definition) is 5. The van der Waals surface area contributed by atoms with Crippen LogP contribution in [0.25, 0.3) is 12.2 Å². The summed E-state index contributed by atoms with van der Waals surface area (Å²) in [7, 11) is -3.52. The average molecular weight is 377 g/mol. The van der Waals surface area contributed by atoms with Gasteiger partial charge in [0.2, 0.25) is 15.9 Å². The Balaban J connectivity index is 2.17. The molecule has 26 heavy (non-hydrogen) atoms. The zero-order chi connectivity index (χ0) is 19.3. The number of anilines is 1. The number of hydrogen-bond donors (Lipinski definition) is 2. The molecular weight excluding hydrogens is 354 g/mol. The molecule has 7 nitrogen and oxygen atoms in total. The lowest BCUT2D eigenvalue weighted by Gasteiger charge is -2.12. The first-order valence-corrected chi connectivity index (χ1v) is 9.75. The summed E-state index contributed by atoms with van der Waals surface area (Å²) in [5.74, 6) is 0.210. The van der Waals surface area contributed by atoms with Gasteiger partial charge in [0.05, 0.1) is 4.90 Å². The smallest absolute Gasteiger partial charge is 0.240 e. The molecule has 2 N–H and O–H groups in total. The summed E-state index contributed by atoms with van der Waals surface area (Å²) in [5.41, 5.74) is 1.89. The van der Waals surface area contributed by atoms with Crippen molar-refractivity contribution in [3.05, 3.63) is 41.3 Å². The third-order valence-electron chi connectivity index (χ3n) is 3.78. The molecule has 2 rings (SSSR count). The van der Waals surface area contributed by atoms with Crippen LogP contribution in [0.1, 0.15) is 44.2 Å². The van der Waals surface area contributed by atoms with Crippen molar-refractivity contribution < 1.29 is 17.7 Å². The largest absolute Gasteiger partial charge is 0.354 e. The summed E-state index contributed by atoms with van der Waals surface area (Å²) < 4.78 is 32.3. The molecule has 0 aliphatic rings. The third kappa shape index (κ3) is 5.03. The molecule has 0 aliphatic heterocycles. The summed E-state index contributed by atoms with van der Waals surface area (Å²) in [6.45, 7) is 6.88. The van der Waals surface area contributed by atoms with Crippen LogP contribution >= 0.6 is 0 Å². The first-order chi connectivity index (χ1) is 12.2. The monoisotopic (exact) mass is 377 g/mol. The second kappa shape index (κ2) is 8.29. The molecule has 2 aromatic rings. The Hall–Kier alpha value is -2.45. The van der Waals surface area contributed by atoms with Crippen LogP contribution in [-0.4, -0.2) is 25.5 Å². The van der Waals surface area contributed by atoms with Gasteiger partial charge in [0.1, 0.15) is 11.4 Å². The van der Waals surface area contributed by atoms with Crippen molar-refractivity contribution in [2.75, 3.05) is 5.32 Å². The number of aromatic nitrogens is 1. The van der Waals surface area contributed by atoms with E-state index in [9.17, 15) is 13.2 Å². The van der Waals surface area contributed by atoms with Gasteiger partial charge in [-0.05, 0) is 44.0 Å². The van der Waals surface area contributed by atoms with Crippen molar-refractivity contribution in [2.24, 2.45) is 0 Å². The lowest BCUT2D eigenvalue weighted by atomic mass is 10.2. The highest BCUT2D eigenvalue weighted by molar-refractivity contribution is 7.89. The van der Waals surface area contributed by atoms with E-state index in [4.69, 9.17) is 4.52 Å². The zero-order valence-corrected chi connectivity index (χ0v) is 16.1. The lowest BCUT2D eigenvalue weighted by Crippen LogP contribution is -2.31. The first kappa shape index (κ1) is 19.9. The van der Waals surface area contributed by atoms with E-state index in [0.717, 1.165) is 5.56 Å². The van der Waals surface area contributed by atoms with Gasteiger partial charge in [0, 0.05) is 13.0 Å². The number of sulfonamides is 1. The molecule has 0 bridgehead atoms. The van der Waals surface area contributed by atoms with Crippen LogP contribution in [0.4, 0.5) is 5.69 Å². The summed E-state index contributed by atoms with van der Waals surface area (Å²) >= 11 is 0. The van der Waals surface area contributed by atoms with E-state index in [1.807, 2.05) is 13.8 Å². The van der Waals surface area contributed by atoms with Crippen molar-refractivity contribution in [3.63, 3.8) is 0 Å². The normalized spacial score (nSPS) is 13.1. The number of nitrogens with one attached hydrogen (secondary N) is 2. The maximum absolute atomic E-state index is 12.2. The van der Waals surface area contributed by atoms with Crippen LogP contribution in [-0.2, 0) is 14.8 Å². The molecule has 1 aromatic carbocycles. The Bertz CT molecular complexity index is 899. The molecule has 0 aliphatic carbocycles. The van der Waals surface area contributed by atoms with Crippen molar-refractivity contribution in [1.82, 2.24) is 9.88 Å². The minimum absolute atomic E-state index is 0.124. The summed E-state index contributed by atoms with van der Waals surface area (Å²) in [6.07, 6.45) is 4.14. The second-order valence-electron chi connectivity index (χ2n) is 6.02. The topological polar surface area (TPSA) is 101 Å². The SMILES string of the molecule is CC[C@@H](C)NS(=O)(=O)c1ccc(/C=C\c2onc(C)c2NC(C)=O)cc1. The van der Waals surface area contributed by atoms with E-state index >= 15 is 0 Å². The standard InChI is InChI=1S/C18H23N3O4S/c1-5-12(2)21-26(23,24)16-9-6-15(7-10-16)8-11-17-18(19-14(4)22)13(3)20-25-17/h6-12,21H,5H2,1-4H3,(H,19,22)/b11-8-/t12-/m1/s1. The van der Waals surface area contributed by atoms with Crippen LogP contribution in [0.2, 0.25) is 0 Å². The fourth-order valence-corrected chi connectivity index (χ4v) is 3.50. The number of aryl methyl sites for hydroxylation is 1.